The highest BCUT2D eigenvalue weighted by molar-refractivity contribution is 9.10. The van der Waals surface area contributed by atoms with E-state index in [0.29, 0.717) is 12.3 Å². The largest absolute Gasteiger partial charge is 0.484 e. The molecular weight excluding hydrogens is 456 g/mol. The van der Waals surface area contributed by atoms with Crippen LogP contribution in [0.1, 0.15) is 50.2 Å². The highest BCUT2D eigenvalue weighted by atomic mass is 79.9. The van der Waals surface area contributed by atoms with Crippen LogP contribution in [0, 0.1) is 6.92 Å². The summed E-state index contributed by atoms with van der Waals surface area (Å²) >= 11 is 3.44. The molecule has 5 nitrogen and oxygen atoms in total. The number of benzene rings is 2. The van der Waals surface area contributed by atoms with Gasteiger partial charge in [0.25, 0.3) is 5.91 Å². The third-order valence-corrected chi connectivity index (χ3v) is 6.27. The lowest BCUT2D eigenvalue weighted by molar-refractivity contribution is -0.142. The molecular formula is C25H31BrN2O3. The summed E-state index contributed by atoms with van der Waals surface area (Å²) in [5.41, 5.74) is 2.03. The van der Waals surface area contributed by atoms with Gasteiger partial charge in [0.2, 0.25) is 5.91 Å². The van der Waals surface area contributed by atoms with Crippen LogP contribution < -0.4 is 10.1 Å². The van der Waals surface area contributed by atoms with Gasteiger partial charge in [0.15, 0.2) is 6.61 Å². The zero-order valence-corrected chi connectivity index (χ0v) is 19.9. The summed E-state index contributed by atoms with van der Waals surface area (Å²) in [7, 11) is 0. The number of nitrogens with one attached hydrogen (secondary N) is 1. The first-order valence-electron chi connectivity index (χ1n) is 11.0. The second-order valence-electron chi connectivity index (χ2n) is 8.27. The monoisotopic (exact) mass is 486 g/mol. The number of ether oxygens (including phenoxy) is 1. The standard InChI is InChI=1S/C25H31BrN2O3/c1-18-7-6-10-23(15-18)31-17-24(29)28(16-20-11-13-21(26)14-12-20)19(2)25(30)27-22-8-4-3-5-9-22/h6-7,10-15,19,22H,3-5,8-9,16-17H2,1-2H3,(H,27,30)/t19-/m0/s1. The molecule has 0 aliphatic heterocycles. The average Bonchev–Trinajstić information content (AvgIpc) is 2.77. The molecule has 2 aromatic rings. The number of aryl methyl sites for hydroxylation is 1. The van der Waals surface area contributed by atoms with Gasteiger partial charge in [0.05, 0.1) is 0 Å². The first-order valence-corrected chi connectivity index (χ1v) is 11.8. The smallest absolute Gasteiger partial charge is 0.261 e. The van der Waals surface area contributed by atoms with Crippen molar-refractivity contribution in [1.82, 2.24) is 10.2 Å². The van der Waals surface area contributed by atoms with Gasteiger partial charge in [0, 0.05) is 17.1 Å². The van der Waals surface area contributed by atoms with E-state index in [1.807, 2.05) is 55.5 Å². The molecule has 6 heteroatoms. The molecule has 1 aliphatic carbocycles. The normalized spacial score (nSPS) is 15.2. The first kappa shape index (κ1) is 23.3. The molecule has 1 atom stereocenters. The van der Waals surface area contributed by atoms with E-state index in [0.717, 1.165) is 41.3 Å². The highest BCUT2D eigenvalue weighted by Gasteiger charge is 2.28. The molecule has 31 heavy (non-hydrogen) atoms. The topological polar surface area (TPSA) is 58.6 Å². The van der Waals surface area contributed by atoms with Crippen LogP contribution in [0.5, 0.6) is 5.75 Å². The Morgan fingerprint density at radius 2 is 1.84 bits per heavy atom. The van der Waals surface area contributed by atoms with Crippen LogP contribution in [0.15, 0.2) is 53.0 Å². The third kappa shape index (κ3) is 7.10. The van der Waals surface area contributed by atoms with Gasteiger partial charge in [0.1, 0.15) is 11.8 Å². The molecule has 0 aromatic heterocycles. The van der Waals surface area contributed by atoms with Crippen LogP contribution in [-0.2, 0) is 16.1 Å². The summed E-state index contributed by atoms with van der Waals surface area (Å²) in [5, 5.41) is 3.15. The maximum Gasteiger partial charge on any atom is 0.261 e. The van der Waals surface area contributed by atoms with Gasteiger partial charge in [-0.3, -0.25) is 9.59 Å². The zero-order chi connectivity index (χ0) is 22.2. The molecule has 3 rings (SSSR count). The quantitative estimate of drug-likeness (QED) is 0.570. The van der Waals surface area contributed by atoms with Gasteiger partial charge in [-0.05, 0) is 62.1 Å². The highest BCUT2D eigenvalue weighted by Crippen LogP contribution is 2.19. The van der Waals surface area contributed by atoms with Crippen molar-refractivity contribution < 1.29 is 14.3 Å². The predicted octanol–water partition coefficient (Wildman–Crippen LogP) is 5.00. The number of amides is 2. The minimum absolute atomic E-state index is 0.104. The van der Waals surface area contributed by atoms with Crippen LogP contribution in [0.25, 0.3) is 0 Å². The lowest BCUT2D eigenvalue weighted by Gasteiger charge is -2.31. The molecule has 0 heterocycles. The number of hydrogen-bond donors (Lipinski definition) is 1. The van der Waals surface area contributed by atoms with E-state index in [-0.39, 0.29) is 24.5 Å². The minimum atomic E-state index is -0.584. The van der Waals surface area contributed by atoms with Crippen molar-refractivity contribution >= 4 is 27.7 Å². The van der Waals surface area contributed by atoms with Gasteiger partial charge in [-0.2, -0.15) is 0 Å². The summed E-state index contributed by atoms with van der Waals surface area (Å²) in [4.78, 5) is 27.7. The number of halogens is 1. The summed E-state index contributed by atoms with van der Waals surface area (Å²) in [6.07, 6.45) is 5.54. The third-order valence-electron chi connectivity index (χ3n) is 5.74. The Hall–Kier alpha value is -2.34. The fourth-order valence-electron chi connectivity index (χ4n) is 3.87. The molecule has 2 amide bonds. The van der Waals surface area contributed by atoms with Crippen LogP contribution in [0.4, 0.5) is 0 Å². The Bertz CT molecular complexity index is 879. The van der Waals surface area contributed by atoms with Gasteiger partial charge in [-0.15, -0.1) is 0 Å². The van der Waals surface area contributed by atoms with Gasteiger partial charge < -0.3 is 15.0 Å². The van der Waals surface area contributed by atoms with E-state index in [9.17, 15) is 9.59 Å². The molecule has 0 unspecified atom stereocenters. The van der Waals surface area contributed by atoms with Crippen LogP contribution in [0.3, 0.4) is 0 Å². The van der Waals surface area contributed by atoms with Crippen LogP contribution in [0.2, 0.25) is 0 Å². The Morgan fingerprint density at radius 1 is 1.13 bits per heavy atom. The minimum Gasteiger partial charge on any atom is -0.484 e. The molecule has 0 saturated heterocycles. The van der Waals surface area contributed by atoms with Crippen molar-refractivity contribution in [2.45, 2.75) is 64.6 Å². The summed E-state index contributed by atoms with van der Waals surface area (Å²) < 4.78 is 6.71. The van der Waals surface area contributed by atoms with Crippen molar-refractivity contribution in [2.75, 3.05) is 6.61 Å². The Morgan fingerprint density at radius 3 is 2.52 bits per heavy atom. The van der Waals surface area contributed by atoms with Crippen molar-refractivity contribution in [2.24, 2.45) is 0 Å². The summed E-state index contributed by atoms with van der Waals surface area (Å²) in [6, 6.07) is 15.0. The molecule has 0 radical (unpaired) electrons. The molecule has 1 aliphatic rings. The summed E-state index contributed by atoms with van der Waals surface area (Å²) in [5.74, 6) is 0.333. The van der Waals surface area contributed by atoms with Crippen LogP contribution in [-0.4, -0.2) is 35.4 Å². The lowest BCUT2D eigenvalue weighted by Crippen LogP contribution is -2.51. The average molecular weight is 487 g/mol. The molecule has 0 bridgehead atoms. The lowest BCUT2D eigenvalue weighted by atomic mass is 9.95. The molecule has 166 valence electrons. The van der Waals surface area contributed by atoms with E-state index in [2.05, 4.69) is 21.2 Å². The maximum atomic E-state index is 13.1. The number of carbonyl (C=O) groups is 2. The zero-order valence-electron chi connectivity index (χ0n) is 18.3. The van der Waals surface area contributed by atoms with Gasteiger partial charge in [-0.1, -0.05) is 59.5 Å². The Kier molecular flexibility index (Phi) is 8.52. The maximum absolute atomic E-state index is 13.1. The van der Waals surface area contributed by atoms with E-state index >= 15 is 0 Å². The second-order valence-corrected chi connectivity index (χ2v) is 9.19. The SMILES string of the molecule is Cc1cccc(OCC(=O)N(Cc2ccc(Br)cc2)[C@@H](C)C(=O)NC2CCCCC2)c1. The number of carbonyl (C=O) groups excluding carboxylic acids is 2. The molecule has 1 N–H and O–H groups in total. The van der Waals surface area contributed by atoms with Crippen LogP contribution >= 0.6 is 15.9 Å². The summed E-state index contributed by atoms with van der Waals surface area (Å²) in [6.45, 7) is 4.01. The number of nitrogens with zero attached hydrogens (tertiary/aromatic N) is 1. The van der Waals surface area contributed by atoms with Crippen molar-refractivity contribution in [3.63, 3.8) is 0 Å². The Balaban J connectivity index is 1.70. The molecule has 1 saturated carbocycles. The molecule has 2 aromatic carbocycles. The molecule has 0 spiro atoms. The fraction of sp³-hybridized carbons (Fsp3) is 0.440. The first-order chi connectivity index (χ1) is 14.9. The molecule has 1 fully saturated rings. The van der Waals surface area contributed by atoms with Crippen molar-refractivity contribution in [1.29, 1.82) is 0 Å². The van der Waals surface area contributed by atoms with Crippen molar-refractivity contribution in [3.05, 3.63) is 64.1 Å². The Labute approximate surface area is 193 Å². The predicted molar refractivity (Wildman–Crippen MR) is 126 cm³/mol. The van der Waals surface area contributed by atoms with E-state index in [4.69, 9.17) is 4.74 Å². The van der Waals surface area contributed by atoms with E-state index in [1.54, 1.807) is 11.8 Å². The van der Waals surface area contributed by atoms with Gasteiger partial charge >= 0.3 is 0 Å². The number of hydrogen-bond acceptors (Lipinski definition) is 3. The van der Waals surface area contributed by atoms with E-state index in [1.165, 1.54) is 6.42 Å². The van der Waals surface area contributed by atoms with E-state index < -0.39 is 6.04 Å². The van der Waals surface area contributed by atoms with Gasteiger partial charge in [-0.25, -0.2) is 0 Å². The van der Waals surface area contributed by atoms with Crippen molar-refractivity contribution in [3.8, 4) is 5.75 Å². The number of rotatable bonds is 8. The second kappa shape index (κ2) is 11.3. The fourth-order valence-corrected chi connectivity index (χ4v) is 4.14.